The summed E-state index contributed by atoms with van der Waals surface area (Å²) >= 11 is 11.5. The summed E-state index contributed by atoms with van der Waals surface area (Å²) in [5.74, 6) is 7.50. The Bertz CT molecular complexity index is 651. The molecule has 0 radical (unpaired) electrons. The highest BCUT2D eigenvalue weighted by atomic mass is 35.5. The fourth-order valence-electron chi connectivity index (χ4n) is 1.81. The van der Waals surface area contributed by atoms with Crippen LogP contribution in [0.5, 0.6) is 5.75 Å². The van der Waals surface area contributed by atoms with Gasteiger partial charge in [0.25, 0.3) is 0 Å². The second-order valence-corrected chi connectivity index (χ2v) is 5.47. The summed E-state index contributed by atoms with van der Waals surface area (Å²) in [6, 6.07) is 13.6. The Balaban J connectivity index is 2.12. The summed E-state index contributed by atoms with van der Waals surface area (Å²) in [7, 11) is 0. The number of rotatable bonds is 4. The van der Waals surface area contributed by atoms with Crippen molar-refractivity contribution in [2.24, 2.45) is 0 Å². The molecule has 2 aromatic carbocycles. The molecular weight excluding hydrogens is 303 g/mol. The number of aryl methyl sites for hydroxylation is 1. The Kier molecular flexibility index (Phi) is 5.99. The van der Waals surface area contributed by atoms with Crippen molar-refractivity contribution >= 4 is 23.2 Å². The third kappa shape index (κ3) is 5.01. The molecule has 0 aliphatic heterocycles. The number of hydrogen-bond acceptors (Lipinski definition) is 1. The highest BCUT2D eigenvalue weighted by molar-refractivity contribution is 6.30. The third-order valence-corrected chi connectivity index (χ3v) is 3.33. The molecule has 0 aliphatic rings. The first-order chi connectivity index (χ1) is 10.2. The van der Waals surface area contributed by atoms with Crippen molar-refractivity contribution in [1.29, 1.82) is 0 Å². The summed E-state index contributed by atoms with van der Waals surface area (Å²) in [5, 5.41) is 0.724. The van der Waals surface area contributed by atoms with E-state index in [-0.39, 0.29) is 0 Å². The summed E-state index contributed by atoms with van der Waals surface area (Å²) in [6.45, 7) is 2.53. The molecule has 1 nitrogen and oxygen atoms in total. The van der Waals surface area contributed by atoms with Gasteiger partial charge in [0, 0.05) is 17.3 Å². The van der Waals surface area contributed by atoms with Crippen LogP contribution in [0.25, 0.3) is 0 Å². The quantitative estimate of drug-likeness (QED) is 0.555. The van der Waals surface area contributed by atoms with Crippen LogP contribution in [-0.2, 0) is 6.61 Å². The van der Waals surface area contributed by atoms with E-state index in [1.807, 2.05) is 49.4 Å². The zero-order valence-corrected chi connectivity index (χ0v) is 13.3. The molecule has 0 saturated carbocycles. The molecule has 0 bridgehead atoms. The van der Waals surface area contributed by atoms with E-state index in [2.05, 4.69) is 11.8 Å². The predicted octanol–water partition coefficient (Wildman–Crippen LogP) is 5.21. The fraction of sp³-hybridized carbons (Fsp3) is 0.222. The maximum atomic E-state index is 5.87. The van der Waals surface area contributed by atoms with Crippen LogP contribution < -0.4 is 4.74 Å². The van der Waals surface area contributed by atoms with Gasteiger partial charge in [-0.15, -0.1) is 11.6 Å². The van der Waals surface area contributed by atoms with Gasteiger partial charge in [-0.05, 0) is 42.3 Å². The molecule has 0 unspecified atom stereocenters. The zero-order chi connectivity index (χ0) is 15.1. The molecule has 108 valence electrons. The normalized spacial score (nSPS) is 9.86. The summed E-state index contributed by atoms with van der Waals surface area (Å²) in [5.41, 5.74) is 3.12. The minimum Gasteiger partial charge on any atom is -0.488 e. The minimum atomic E-state index is 0.490. The second-order valence-electron chi connectivity index (χ2n) is 4.66. The molecule has 0 spiro atoms. The predicted molar refractivity (Wildman–Crippen MR) is 89.2 cm³/mol. The van der Waals surface area contributed by atoms with Gasteiger partial charge < -0.3 is 4.74 Å². The lowest BCUT2D eigenvalue weighted by Gasteiger charge is -2.09. The standard InChI is InChI=1S/C18H16Cl2O/c1-14-5-10-18(16(12-14)4-2-3-11-19)21-13-15-6-8-17(20)9-7-15/h5-10,12H,3,11,13H2,1H3. The molecule has 2 aromatic rings. The molecule has 0 aromatic heterocycles. The third-order valence-electron chi connectivity index (χ3n) is 2.89. The summed E-state index contributed by atoms with van der Waals surface area (Å²) in [4.78, 5) is 0. The molecule has 0 saturated heterocycles. The van der Waals surface area contributed by atoms with Crippen LogP contribution in [-0.4, -0.2) is 5.88 Å². The Labute approximate surface area is 135 Å². The van der Waals surface area contributed by atoms with Gasteiger partial charge in [-0.25, -0.2) is 0 Å². The van der Waals surface area contributed by atoms with Gasteiger partial charge in [0.15, 0.2) is 0 Å². The highest BCUT2D eigenvalue weighted by Crippen LogP contribution is 2.21. The second kappa shape index (κ2) is 7.98. The molecule has 0 fully saturated rings. The van der Waals surface area contributed by atoms with Crippen LogP contribution in [0.15, 0.2) is 42.5 Å². The van der Waals surface area contributed by atoms with E-state index in [1.54, 1.807) is 0 Å². The maximum Gasteiger partial charge on any atom is 0.135 e. The van der Waals surface area contributed by atoms with Gasteiger partial charge in [-0.2, -0.15) is 0 Å². The smallest absolute Gasteiger partial charge is 0.135 e. The Morgan fingerprint density at radius 3 is 2.57 bits per heavy atom. The Hall–Kier alpha value is -1.62. The molecule has 2 rings (SSSR count). The van der Waals surface area contributed by atoms with E-state index in [0.29, 0.717) is 18.9 Å². The van der Waals surface area contributed by atoms with E-state index in [1.165, 1.54) is 0 Å². The van der Waals surface area contributed by atoms with E-state index < -0.39 is 0 Å². The number of halogens is 2. The molecule has 0 aliphatic carbocycles. The highest BCUT2D eigenvalue weighted by Gasteiger charge is 2.03. The Morgan fingerprint density at radius 1 is 1.10 bits per heavy atom. The number of benzene rings is 2. The van der Waals surface area contributed by atoms with Gasteiger partial charge in [0.2, 0.25) is 0 Å². The molecule has 3 heteroatoms. The van der Waals surface area contributed by atoms with Crippen molar-refractivity contribution in [3.63, 3.8) is 0 Å². The lowest BCUT2D eigenvalue weighted by atomic mass is 10.1. The number of ether oxygens (including phenoxy) is 1. The molecule has 0 N–H and O–H groups in total. The molecule has 0 amide bonds. The number of alkyl halides is 1. The van der Waals surface area contributed by atoms with E-state index in [4.69, 9.17) is 27.9 Å². The van der Waals surface area contributed by atoms with Crippen LogP contribution >= 0.6 is 23.2 Å². The van der Waals surface area contributed by atoms with Crippen molar-refractivity contribution in [3.05, 3.63) is 64.2 Å². The lowest BCUT2D eigenvalue weighted by molar-refractivity contribution is 0.305. The largest absolute Gasteiger partial charge is 0.488 e. The van der Waals surface area contributed by atoms with E-state index in [0.717, 1.165) is 27.5 Å². The zero-order valence-electron chi connectivity index (χ0n) is 11.8. The van der Waals surface area contributed by atoms with Gasteiger partial charge in [0.1, 0.15) is 12.4 Å². The SMILES string of the molecule is Cc1ccc(OCc2ccc(Cl)cc2)c(C#CCCCl)c1. The topological polar surface area (TPSA) is 9.23 Å². The maximum absolute atomic E-state index is 5.87. The monoisotopic (exact) mass is 318 g/mol. The first kappa shape index (κ1) is 15.8. The van der Waals surface area contributed by atoms with E-state index >= 15 is 0 Å². The molecule has 0 atom stereocenters. The van der Waals surface area contributed by atoms with Crippen LogP contribution in [0.4, 0.5) is 0 Å². The molecular formula is C18H16Cl2O. The van der Waals surface area contributed by atoms with Gasteiger partial charge in [-0.3, -0.25) is 0 Å². The molecule has 21 heavy (non-hydrogen) atoms. The van der Waals surface area contributed by atoms with Crippen molar-refractivity contribution in [1.82, 2.24) is 0 Å². The van der Waals surface area contributed by atoms with Crippen LogP contribution in [0, 0.1) is 18.8 Å². The average molecular weight is 319 g/mol. The fourth-order valence-corrected chi connectivity index (χ4v) is 2.03. The van der Waals surface area contributed by atoms with Crippen molar-refractivity contribution in [2.45, 2.75) is 20.0 Å². The van der Waals surface area contributed by atoms with E-state index in [9.17, 15) is 0 Å². The van der Waals surface area contributed by atoms with Crippen LogP contribution in [0.3, 0.4) is 0 Å². The summed E-state index contributed by atoms with van der Waals surface area (Å²) < 4.78 is 5.87. The van der Waals surface area contributed by atoms with Crippen LogP contribution in [0.2, 0.25) is 5.02 Å². The summed E-state index contributed by atoms with van der Waals surface area (Å²) in [6.07, 6.45) is 0.673. The van der Waals surface area contributed by atoms with Crippen molar-refractivity contribution in [3.8, 4) is 17.6 Å². The van der Waals surface area contributed by atoms with Crippen molar-refractivity contribution < 1.29 is 4.74 Å². The first-order valence-corrected chi connectivity index (χ1v) is 7.63. The first-order valence-electron chi connectivity index (χ1n) is 6.72. The van der Waals surface area contributed by atoms with Crippen molar-refractivity contribution in [2.75, 3.05) is 5.88 Å². The average Bonchev–Trinajstić information content (AvgIpc) is 2.48. The van der Waals surface area contributed by atoms with Crippen LogP contribution in [0.1, 0.15) is 23.1 Å². The molecule has 0 heterocycles. The Morgan fingerprint density at radius 2 is 1.86 bits per heavy atom. The van der Waals surface area contributed by atoms with Gasteiger partial charge in [0.05, 0.1) is 5.56 Å². The number of hydrogen-bond donors (Lipinski definition) is 0. The minimum absolute atomic E-state index is 0.490. The van der Waals surface area contributed by atoms with Gasteiger partial charge in [-0.1, -0.05) is 41.6 Å². The lowest BCUT2D eigenvalue weighted by Crippen LogP contribution is -1.97. The van der Waals surface area contributed by atoms with Gasteiger partial charge >= 0.3 is 0 Å².